The van der Waals surface area contributed by atoms with Gasteiger partial charge in [-0.15, -0.1) is 11.3 Å². The van der Waals surface area contributed by atoms with Crippen molar-refractivity contribution in [2.45, 2.75) is 26.3 Å². The van der Waals surface area contributed by atoms with E-state index in [4.69, 9.17) is 28.9 Å². The molecule has 0 saturated carbocycles. The predicted molar refractivity (Wildman–Crippen MR) is 112 cm³/mol. The van der Waals surface area contributed by atoms with Gasteiger partial charge in [0, 0.05) is 12.5 Å². The van der Waals surface area contributed by atoms with E-state index in [0.29, 0.717) is 48.0 Å². The van der Waals surface area contributed by atoms with Gasteiger partial charge in [-0.25, -0.2) is 9.97 Å². The zero-order valence-electron chi connectivity index (χ0n) is 14.9. The average molecular weight is 425 g/mol. The normalized spacial score (nSPS) is 11.8. The molecule has 1 aromatic carbocycles. The van der Waals surface area contributed by atoms with Gasteiger partial charge < -0.3 is 16.2 Å². The van der Waals surface area contributed by atoms with Crippen LogP contribution in [-0.2, 0) is 0 Å². The van der Waals surface area contributed by atoms with E-state index in [0.717, 1.165) is 0 Å². The summed E-state index contributed by atoms with van der Waals surface area (Å²) in [4.78, 5) is 22.0. The molecule has 4 N–H and O–H groups in total. The summed E-state index contributed by atoms with van der Waals surface area (Å²) in [5, 5.41) is 14.0. The molecule has 0 unspecified atom stereocenters. The van der Waals surface area contributed by atoms with Gasteiger partial charge in [0.05, 0.1) is 43.8 Å². The van der Waals surface area contributed by atoms with E-state index in [-0.39, 0.29) is 12.4 Å². The van der Waals surface area contributed by atoms with Gasteiger partial charge in [-0.2, -0.15) is 0 Å². The summed E-state index contributed by atoms with van der Waals surface area (Å²) >= 11 is 13.4. The summed E-state index contributed by atoms with van der Waals surface area (Å²) in [5.41, 5.74) is 7.19. The highest BCUT2D eigenvalue weighted by atomic mass is 35.5. The van der Waals surface area contributed by atoms with Crippen LogP contribution in [0.2, 0.25) is 10.0 Å². The number of nitrogens with two attached hydrogens (primary N) is 1. The summed E-state index contributed by atoms with van der Waals surface area (Å²) in [6.45, 7) is 5.00. The van der Waals surface area contributed by atoms with E-state index >= 15 is 0 Å². The zero-order valence-corrected chi connectivity index (χ0v) is 17.3. The summed E-state index contributed by atoms with van der Waals surface area (Å²) in [6, 6.07) is 5.14. The molecular formula is C18H18Cl2N4O2S. The number of Topliss-reactive ketones (excluding diaryl/α,β-unsaturated/α-hetero) is 1. The highest BCUT2D eigenvalue weighted by Gasteiger charge is 2.23. The Labute approximate surface area is 170 Å². The van der Waals surface area contributed by atoms with Crippen molar-refractivity contribution in [2.75, 3.05) is 17.7 Å². The molecule has 0 fully saturated rings. The quantitative estimate of drug-likeness (QED) is 0.515. The second-order valence-corrected chi connectivity index (χ2v) is 8.59. The number of hydrogen-bond acceptors (Lipinski definition) is 7. The Morgan fingerprint density at radius 1 is 1.30 bits per heavy atom. The second kappa shape index (κ2) is 7.24. The third-order valence-corrected chi connectivity index (χ3v) is 5.89. The average Bonchev–Trinajstić information content (AvgIpc) is 2.93. The van der Waals surface area contributed by atoms with Crippen LogP contribution in [0.5, 0.6) is 0 Å². The van der Waals surface area contributed by atoms with Crippen LogP contribution < -0.4 is 11.1 Å². The summed E-state index contributed by atoms with van der Waals surface area (Å²) in [5.74, 6) is 0.180. The van der Waals surface area contributed by atoms with Crippen LogP contribution in [0.3, 0.4) is 0 Å². The molecule has 0 amide bonds. The lowest BCUT2D eigenvalue weighted by atomic mass is 10.1. The number of fused-ring (bicyclic) bond motifs is 1. The molecule has 3 rings (SSSR count). The van der Waals surface area contributed by atoms with E-state index in [2.05, 4.69) is 15.3 Å². The number of carbonyl (C=O) groups is 1. The van der Waals surface area contributed by atoms with Crippen molar-refractivity contribution in [3.63, 3.8) is 0 Å². The van der Waals surface area contributed by atoms with Crippen LogP contribution in [0, 0.1) is 0 Å². The van der Waals surface area contributed by atoms with Crippen LogP contribution in [0.1, 0.15) is 30.4 Å². The van der Waals surface area contributed by atoms with Crippen molar-refractivity contribution in [1.29, 1.82) is 0 Å². The molecule has 0 aliphatic rings. The standard InChI is InChI=1S/C18H18Cl2N4O2S/c1-8(26)15-13(21)12-14(9-4-5-10(19)11(20)6-9)22-17(23-16(12)27-15)24-18(2,3)7-25/h4-6,25H,7,21H2,1-3H3,(H,22,23,24). The molecule has 0 spiro atoms. The number of nitrogens with zero attached hydrogens (tertiary/aromatic N) is 2. The van der Waals surface area contributed by atoms with E-state index in [1.54, 1.807) is 18.2 Å². The molecule has 2 aromatic heterocycles. The first-order chi connectivity index (χ1) is 12.6. The molecule has 2 heterocycles. The van der Waals surface area contributed by atoms with Crippen molar-refractivity contribution in [1.82, 2.24) is 9.97 Å². The fraction of sp³-hybridized carbons (Fsp3) is 0.278. The molecule has 3 aromatic rings. The first-order valence-corrected chi connectivity index (χ1v) is 9.65. The Hall–Kier alpha value is -1.93. The molecule has 9 heteroatoms. The monoisotopic (exact) mass is 424 g/mol. The van der Waals surface area contributed by atoms with Crippen molar-refractivity contribution in [3.05, 3.63) is 33.1 Å². The molecule has 27 heavy (non-hydrogen) atoms. The van der Waals surface area contributed by atoms with Crippen LogP contribution in [0.25, 0.3) is 21.5 Å². The largest absolute Gasteiger partial charge is 0.397 e. The maximum atomic E-state index is 11.9. The summed E-state index contributed by atoms with van der Waals surface area (Å²) < 4.78 is 0. The molecule has 0 bridgehead atoms. The molecule has 0 atom stereocenters. The van der Waals surface area contributed by atoms with E-state index < -0.39 is 5.54 Å². The number of anilines is 2. The van der Waals surface area contributed by atoms with Crippen LogP contribution in [0.15, 0.2) is 18.2 Å². The Morgan fingerprint density at radius 3 is 2.59 bits per heavy atom. The van der Waals surface area contributed by atoms with Gasteiger partial charge in [-0.05, 0) is 26.0 Å². The van der Waals surface area contributed by atoms with Gasteiger partial charge in [0.25, 0.3) is 0 Å². The second-order valence-electron chi connectivity index (χ2n) is 6.77. The van der Waals surface area contributed by atoms with Crippen LogP contribution >= 0.6 is 34.5 Å². The Morgan fingerprint density at radius 2 is 2.00 bits per heavy atom. The number of nitrogen functional groups attached to an aromatic ring is 1. The van der Waals surface area contributed by atoms with Crippen molar-refractivity contribution < 1.29 is 9.90 Å². The van der Waals surface area contributed by atoms with Gasteiger partial charge in [-0.3, -0.25) is 4.79 Å². The number of halogens is 2. The third-order valence-electron chi connectivity index (χ3n) is 3.95. The maximum Gasteiger partial charge on any atom is 0.225 e. The number of aromatic nitrogens is 2. The fourth-order valence-corrected chi connectivity index (χ4v) is 3.82. The smallest absolute Gasteiger partial charge is 0.225 e. The first kappa shape index (κ1) is 19.8. The zero-order chi connectivity index (χ0) is 19.9. The topological polar surface area (TPSA) is 101 Å². The number of aliphatic hydroxyl groups is 1. The van der Waals surface area contributed by atoms with Crippen molar-refractivity contribution >= 4 is 62.2 Å². The number of thiophene rings is 1. The number of hydrogen-bond donors (Lipinski definition) is 3. The lowest BCUT2D eigenvalue weighted by molar-refractivity contribution is 0.102. The number of nitrogens with one attached hydrogen (secondary N) is 1. The molecule has 0 aliphatic carbocycles. The third kappa shape index (κ3) is 3.87. The molecule has 0 saturated heterocycles. The minimum Gasteiger partial charge on any atom is -0.397 e. The van der Waals surface area contributed by atoms with E-state index in [1.165, 1.54) is 18.3 Å². The van der Waals surface area contributed by atoms with Gasteiger partial charge in [-0.1, -0.05) is 29.3 Å². The van der Waals surface area contributed by atoms with Gasteiger partial charge in [0.1, 0.15) is 4.83 Å². The lowest BCUT2D eigenvalue weighted by Gasteiger charge is -2.23. The maximum absolute atomic E-state index is 11.9. The Bertz CT molecular complexity index is 1050. The Kier molecular flexibility index (Phi) is 5.31. The molecule has 0 radical (unpaired) electrons. The highest BCUT2D eigenvalue weighted by Crippen LogP contribution is 2.40. The molecule has 6 nitrogen and oxygen atoms in total. The van der Waals surface area contributed by atoms with Crippen LogP contribution in [-0.4, -0.2) is 33.0 Å². The van der Waals surface area contributed by atoms with E-state index in [9.17, 15) is 9.90 Å². The predicted octanol–water partition coefficient (Wildman–Crippen LogP) is 4.63. The van der Waals surface area contributed by atoms with Gasteiger partial charge in [0.2, 0.25) is 5.95 Å². The first-order valence-electron chi connectivity index (χ1n) is 8.08. The van der Waals surface area contributed by atoms with Crippen LogP contribution in [0.4, 0.5) is 11.6 Å². The number of rotatable bonds is 5. The van der Waals surface area contributed by atoms with Crippen molar-refractivity contribution in [3.8, 4) is 11.3 Å². The number of aliphatic hydroxyl groups excluding tert-OH is 1. The molecular weight excluding hydrogens is 407 g/mol. The SMILES string of the molecule is CC(=O)c1sc2nc(NC(C)(C)CO)nc(-c3ccc(Cl)c(Cl)c3)c2c1N. The fourth-order valence-electron chi connectivity index (χ4n) is 2.53. The summed E-state index contributed by atoms with van der Waals surface area (Å²) in [6.07, 6.45) is 0. The van der Waals surface area contributed by atoms with Gasteiger partial charge >= 0.3 is 0 Å². The number of carbonyl (C=O) groups excluding carboxylic acids is 1. The van der Waals surface area contributed by atoms with Gasteiger partial charge in [0.15, 0.2) is 5.78 Å². The minimum atomic E-state index is -0.630. The number of benzene rings is 1. The van der Waals surface area contributed by atoms with E-state index in [1.807, 2.05) is 13.8 Å². The summed E-state index contributed by atoms with van der Waals surface area (Å²) in [7, 11) is 0. The highest BCUT2D eigenvalue weighted by molar-refractivity contribution is 7.21. The molecule has 0 aliphatic heterocycles. The minimum absolute atomic E-state index is 0.109. The van der Waals surface area contributed by atoms with Crippen molar-refractivity contribution in [2.24, 2.45) is 0 Å². The number of ketones is 1. The molecule has 142 valence electrons. The Balaban J connectivity index is 2.30. The lowest BCUT2D eigenvalue weighted by Crippen LogP contribution is -2.35.